The standard InChI is InChI=1S/C16H18BrNO2/c1-10(2)12-4-6-13(7-5-12)11(3)18-16(19)14-8-9-15(17)20-14/h4-11H,1-3H3,(H,18,19). The van der Waals surface area contributed by atoms with Gasteiger partial charge in [-0.1, -0.05) is 38.1 Å². The number of furan rings is 1. The molecule has 1 atom stereocenters. The summed E-state index contributed by atoms with van der Waals surface area (Å²) in [5, 5.41) is 2.92. The highest BCUT2D eigenvalue weighted by molar-refractivity contribution is 9.10. The van der Waals surface area contributed by atoms with E-state index in [0.717, 1.165) is 5.56 Å². The molecule has 0 saturated heterocycles. The second-order valence-corrected chi connectivity index (χ2v) is 5.90. The van der Waals surface area contributed by atoms with Gasteiger partial charge in [-0.3, -0.25) is 4.79 Å². The van der Waals surface area contributed by atoms with E-state index in [-0.39, 0.29) is 11.9 Å². The number of carbonyl (C=O) groups excluding carboxylic acids is 1. The summed E-state index contributed by atoms with van der Waals surface area (Å²) in [6.45, 7) is 6.28. The number of halogens is 1. The van der Waals surface area contributed by atoms with Gasteiger partial charge in [-0.2, -0.15) is 0 Å². The van der Waals surface area contributed by atoms with Crippen molar-refractivity contribution >= 4 is 21.8 Å². The highest BCUT2D eigenvalue weighted by Gasteiger charge is 2.14. The first-order chi connectivity index (χ1) is 9.47. The van der Waals surface area contributed by atoms with Gasteiger partial charge >= 0.3 is 0 Å². The van der Waals surface area contributed by atoms with Crippen LogP contribution in [0.25, 0.3) is 0 Å². The lowest BCUT2D eigenvalue weighted by atomic mass is 9.99. The van der Waals surface area contributed by atoms with Crippen LogP contribution < -0.4 is 5.32 Å². The summed E-state index contributed by atoms with van der Waals surface area (Å²) in [6, 6.07) is 11.6. The van der Waals surface area contributed by atoms with E-state index in [4.69, 9.17) is 4.42 Å². The summed E-state index contributed by atoms with van der Waals surface area (Å²) < 4.78 is 5.79. The fourth-order valence-corrected chi connectivity index (χ4v) is 2.26. The lowest BCUT2D eigenvalue weighted by Gasteiger charge is -2.14. The Labute approximate surface area is 127 Å². The van der Waals surface area contributed by atoms with Gasteiger partial charge in [0.15, 0.2) is 10.4 Å². The van der Waals surface area contributed by atoms with E-state index in [1.54, 1.807) is 12.1 Å². The van der Waals surface area contributed by atoms with E-state index in [0.29, 0.717) is 16.3 Å². The Morgan fingerprint density at radius 1 is 1.05 bits per heavy atom. The SMILES string of the molecule is CC(C)c1ccc(C(C)NC(=O)c2ccc(Br)o2)cc1. The van der Waals surface area contributed by atoms with Crippen molar-refractivity contribution in [2.45, 2.75) is 32.7 Å². The van der Waals surface area contributed by atoms with Gasteiger partial charge in [0.1, 0.15) is 0 Å². The molecule has 1 amide bonds. The summed E-state index contributed by atoms with van der Waals surface area (Å²) >= 11 is 3.19. The van der Waals surface area contributed by atoms with Crippen molar-refractivity contribution in [3.63, 3.8) is 0 Å². The van der Waals surface area contributed by atoms with Crippen LogP contribution >= 0.6 is 15.9 Å². The molecule has 20 heavy (non-hydrogen) atoms. The smallest absolute Gasteiger partial charge is 0.287 e. The molecule has 1 aromatic heterocycles. The topological polar surface area (TPSA) is 42.2 Å². The average molecular weight is 336 g/mol. The summed E-state index contributed by atoms with van der Waals surface area (Å²) in [6.07, 6.45) is 0. The van der Waals surface area contributed by atoms with Crippen molar-refractivity contribution in [2.75, 3.05) is 0 Å². The van der Waals surface area contributed by atoms with Gasteiger partial charge in [0.2, 0.25) is 0 Å². The third-order valence-corrected chi connectivity index (χ3v) is 3.67. The Bertz CT molecular complexity index is 587. The number of benzene rings is 1. The molecule has 0 radical (unpaired) electrons. The molecule has 0 aliphatic heterocycles. The molecular weight excluding hydrogens is 318 g/mol. The zero-order valence-corrected chi connectivity index (χ0v) is 13.4. The number of amides is 1. The molecular formula is C16H18BrNO2. The minimum atomic E-state index is -0.212. The molecule has 0 saturated carbocycles. The van der Waals surface area contributed by atoms with E-state index in [1.165, 1.54) is 5.56 Å². The second kappa shape index (κ2) is 6.27. The Morgan fingerprint density at radius 2 is 1.65 bits per heavy atom. The molecule has 3 nitrogen and oxygen atoms in total. The van der Waals surface area contributed by atoms with Crippen LogP contribution in [0.2, 0.25) is 0 Å². The number of carbonyl (C=O) groups is 1. The molecule has 0 aliphatic rings. The minimum absolute atomic E-state index is 0.0624. The Balaban J connectivity index is 2.04. The highest BCUT2D eigenvalue weighted by Crippen LogP contribution is 2.19. The number of hydrogen-bond donors (Lipinski definition) is 1. The number of rotatable bonds is 4. The summed E-state index contributed by atoms with van der Waals surface area (Å²) in [5.74, 6) is 0.605. The minimum Gasteiger partial charge on any atom is -0.444 e. The van der Waals surface area contributed by atoms with Crippen LogP contribution in [0.15, 0.2) is 45.5 Å². The first kappa shape index (κ1) is 14.9. The van der Waals surface area contributed by atoms with Crippen molar-refractivity contribution in [3.05, 3.63) is 58.0 Å². The quantitative estimate of drug-likeness (QED) is 0.883. The molecule has 0 spiro atoms. The van der Waals surface area contributed by atoms with E-state index in [1.807, 2.05) is 6.92 Å². The predicted octanol–water partition coefficient (Wildman–Crippen LogP) is 4.66. The Kier molecular flexibility index (Phi) is 4.65. The van der Waals surface area contributed by atoms with Crippen molar-refractivity contribution in [3.8, 4) is 0 Å². The molecule has 0 aliphatic carbocycles. The maximum absolute atomic E-state index is 12.0. The molecule has 1 heterocycles. The molecule has 4 heteroatoms. The van der Waals surface area contributed by atoms with Gasteiger partial charge in [-0.15, -0.1) is 0 Å². The zero-order chi connectivity index (χ0) is 14.7. The van der Waals surface area contributed by atoms with Crippen LogP contribution in [0.1, 0.15) is 54.4 Å². The van der Waals surface area contributed by atoms with Crippen LogP contribution in [-0.2, 0) is 0 Å². The van der Waals surface area contributed by atoms with Crippen LogP contribution in [0.4, 0.5) is 0 Å². The fourth-order valence-electron chi connectivity index (χ4n) is 1.96. The summed E-state index contributed by atoms with van der Waals surface area (Å²) in [7, 11) is 0. The van der Waals surface area contributed by atoms with Crippen LogP contribution in [-0.4, -0.2) is 5.91 Å². The van der Waals surface area contributed by atoms with Gasteiger partial charge in [0.25, 0.3) is 5.91 Å². The maximum atomic E-state index is 12.0. The monoisotopic (exact) mass is 335 g/mol. The van der Waals surface area contributed by atoms with Crippen molar-refractivity contribution < 1.29 is 9.21 Å². The average Bonchev–Trinajstić information content (AvgIpc) is 2.85. The Morgan fingerprint density at radius 3 is 2.15 bits per heavy atom. The van der Waals surface area contributed by atoms with Gasteiger partial charge in [0, 0.05) is 0 Å². The molecule has 2 aromatic rings. The Hall–Kier alpha value is -1.55. The van der Waals surface area contributed by atoms with E-state index in [9.17, 15) is 4.79 Å². The predicted molar refractivity (Wildman–Crippen MR) is 82.8 cm³/mol. The molecule has 0 bridgehead atoms. The lowest BCUT2D eigenvalue weighted by molar-refractivity contribution is 0.0910. The van der Waals surface area contributed by atoms with E-state index >= 15 is 0 Å². The third kappa shape index (κ3) is 3.51. The van der Waals surface area contributed by atoms with Gasteiger partial charge < -0.3 is 9.73 Å². The molecule has 106 valence electrons. The fraction of sp³-hybridized carbons (Fsp3) is 0.312. The van der Waals surface area contributed by atoms with Crippen molar-refractivity contribution in [2.24, 2.45) is 0 Å². The van der Waals surface area contributed by atoms with Gasteiger partial charge in [0.05, 0.1) is 6.04 Å². The van der Waals surface area contributed by atoms with Crippen molar-refractivity contribution in [1.82, 2.24) is 5.32 Å². The van der Waals surface area contributed by atoms with Gasteiger partial charge in [-0.05, 0) is 52.0 Å². The molecule has 2 rings (SSSR count). The third-order valence-electron chi connectivity index (χ3n) is 3.25. The van der Waals surface area contributed by atoms with Gasteiger partial charge in [-0.25, -0.2) is 0 Å². The summed E-state index contributed by atoms with van der Waals surface area (Å²) in [5.41, 5.74) is 2.37. The molecule has 1 N–H and O–H groups in total. The second-order valence-electron chi connectivity index (χ2n) is 5.12. The van der Waals surface area contributed by atoms with Crippen LogP contribution in [0.3, 0.4) is 0 Å². The zero-order valence-electron chi connectivity index (χ0n) is 11.8. The first-order valence-electron chi connectivity index (χ1n) is 6.63. The largest absolute Gasteiger partial charge is 0.444 e. The number of hydrogen-bond acceptors (Lipinski definition) is 2. The molecule has 1 unspecified atom stereocenters. The molecule has 1 aromatic carbocycles. The summed E-state index contributed by atoms with van der Waals surface area (Å²) in [4.78, 5) is 12.0. The normalized spacial score (nSPS) is 12.4. The van der Waals surface area contributed by atoms with E-state index < -0.39 is 0 Å². The van der Waals surface area contributed by atoms with Crippen LogP contribution in [0.5, 0.6) is 0 Å². The first-order valence-corrected chi connectivity index (χ1v) is 7.42. The lowest BCUT2D eigenvalue weighted by Crippen LogP contribution is -2.26. The molecule has 0 fully saturated rings. The highest BCUT2D eigenvalue weighted by atomic mass is 79.9. The van der Waals surface area contributed by atoms with E-state index in [2.05, 4.69) is 59.4 Å². The van der Waals surface area contributed by atoms with Crippen molar-refractivity contribution in [1.29, 1.82) is 0 Å². The van der Waals surface area contributed by atoms with Crippen LogP contribution in [0, 0.1) is 0 Å². The number of nitrogens with one attached hydrogen (secondary N) is 1. The maximum Gasteiger partial charge on any atom is 0.287 e.